The summed E-state index contributed by atoms with van der Waals surface area (Å²) in [6, 6.07) is 15.8. The molecule has 11 heteroatoms. The average molecular weight is 550 g/mol. The number of benzene rings is 3. The molecule has 3 aromatic carbocycles. The maximum absolute atomic E-state index is 12.7. The van der Waals surface area contributed by atoms with Gasteiger partial charge in [-0.2, -0.15) is 0 Å². The molecule has 4 rings (SSSR count). The third-order valence-corrected chi connectivity index (χ3v) is 7.61. The van der Waals surface area contributed by atoms with Crippen LogP contribution in [0.1, 0.15) is 16.7 Å². The first-order valence-corrected chi connectivity index (χ1v) is 13.8. The van der Waals surface area contributed by atoms with E-state index >= 15 is 0 Å². The van der Waals surface area contributed by atoms with Crippen LogP contribution in [0.2, 0.25) is 10.0 Å². The van der Waals surface area contributed by atoms with E-state index in [4.69, 9.17) is 33.3 Å². The smallest absolute Gasteiger partial charge is 0.238 e. The second-order valence-corrected chi connectivity index (χ2v) is 11.5. The Morgan fingerprint density at radius 3 is 2.43 bits per heavy atom. The average Bonchev–Trinajstić information content (AvgIpc) is 3.09. The van der Waals surface area contributed by atoms with Crippen molar-refractivity contribution in [2.24, 2.45) is 5.14 Å². The van der Waals surface area contributed by atoms with Gasteiger partial charge in [0.2, 0.25) is 15.9 Å². The molecule has 0 aliphatic heterocycles. The van der Waals surface area contributed by atoms with Crippen LogP contribution in [-0.4, -0.2) is 29.6 Å². The SMILES string of the molecule is Cc1cc(C)cc(Cn2c(SCC(=O)Nc3ccc(S(N)(=O)=O)cc3Cl)nc3ccc(Cl)cc32)c1. The fourth-order valence-electron chi connectivity index (χ4n) is 3.77. The van der Waals surface area contributed by atoms with Crippen molar-refractivity contribution in [3.63, 3.8) is 0 Å². The first-order valence-electron chi connectivity index (χ1n) is 10.5. The molecule has 3 N–H and O–H groups in total. The maximum atomic E-state index is 12.7. The van der Waals surface area contributed by atoms with Gasteiger partial charge in [-0.1, -0.05) is 64.3 Å². The minimum absolute atomic E-state index is 0.0666. The minimum Gasteiger partial charge on any atom is -0.324 e. The predicted molar refractivity (Wildman–Crippen MR) is 142 cm³/mol. The van der Waals surface area contributed by atoms with Crippen molar-refractivity contribution in [3.05, 3.63) is 81.3 Å². The maximum Gasteiger partial charge on any atom is 0.238 e. The molecular weight excluding hydrogens is 527 g/mol. The standard InChI is InChI=1S/C24H22Cl2N4O3S2/c1-14-7-15(2)9-16(8-14)12-30-22-10-17(25)3-5-21(22)29-24(30)34-13-23(31)28-20-6-4-18(11-19(20)26)35(27,32)33/h3-11H,12-13H2,1-2H3,(H,28,31)(H2,27,32,33). The van der Waals surface area contributed by atoms with Gasteiger partial charge in [-0.25, -0.2) is 18.5 Å². The molecule has 0 radical (unpaired) electrons. The highest BCUT2D eigenvalue weighted by Gasteiger charge is 2.16. The third-order valence-electron chi connectivity index (χ3n) is 5.17. The zero-order chi connectivity index (χ0) is 25.3. The summed E-state index contributed by atoms with van der Waals surface area (Å²) in [5.41, 5.74) is 5.40. The normalized spacial score (nSPS) is 11.7. The van der Waals surface area contributed by atoms with Crippen molar-refractivity contribution >= 4 is 67.6 Å². The number of amides is 1. The zero-order valence-corrected chi connectivity index (χ0v) is 22.0. The van der Waals surface area contributed by atoms with E-state index in [1.54, 1.807) is 6.07 Å². The second-order valence-electron chi connectivity index (χ2n) is 8.13. The fraction of sp³-hybridized carbons (Fsp3) is 0.167. The number of primary sulfonamides is 1. The van der Waals surface area contributed by atoms with Crippen LogP contribution >= 0.6 is 35.0 Å². The van der Waals surface area contributed by atoms with Crippen molar-refractivity contribution in [1.82, 2.24) is 9.55 Å². The highest BCUT2D eigenvalue weighted by molar-refractivity contribution is 7.99. The molecule has 0 aliphatic carbocycles. The van der Waals surface area contributed by atoms with Crippen molar-refractivity contribution < 1.29 is 13.2 Å². The number of rotatable bonds is 7. The number of imidazole rings is 1. The third kappa shape index (κ3) is 6.17. The molecule has 0 atom stereocenters. The van der Waals surface area contributed by atoms with Gasteiger partial charge >= 0.3 is 0 Å². The van der Waals surface area contributed by atoms with Gasteiger partial charge in [0.05, 0.1) is 38.9 Å². The summed E-state index contributed by atoms with van der Waals surface area (Å²) in [6.45, 7) is 4.68. The summed E-state index contributed by atoms with van der Waals surface area (Å²) in [5.74, 6) is -0.250. The predicted octanol–water partition coefficient (Wildman–Crippen LogP) is 5.39. The van der Waals surface area contributed by atoms with Crippen LogP contribution in [0.25, 0.3) is 11.0 Å². The lowest BCUT2D eigenvalue weighted by atomic mass is 10.1. The van der Waals surface area contributed by atoms with E-state index in [1.165, 1.54) is 41.1 Å². The number of carbonyl (C=O) groups is 1. The van der Waals surface area contributed by atoms with Crippen molar-refractivity contribution in [3.8, 4) is 0 Å². The van der Waals surface area contributed by atoms with Gasteiger partial charge < -0.3 is 9.88 Å². The number of carbonyl (C=O) groups excluding carboxylic acids is 1. The van der Waals surface area contributed by atoms with E-state index in [0.717, 1.165) is 16.6 Å². The first-order chi connectivity index (χ1) is 16.5. The van der Waals surface area contributed by atoms with Crippen molar-refractivity contribution in [2.75, 3.05) is 11.1 Å². The van der Waals surface area contributed by atoms with Crippen LogP contribution in [-0.2, 0) is 21.4 Å². The summed E-state index contributed by atoms with van der Waals surface area (Å²) in [4.78, 5) is 17.2. The Kier molecular flexibility index (Phi) is 7.44. The molecule has 4 aromatic rings. The number of anilines is 1. The number of nitrogens with two attached hydrogens (primary N) is 1. The summed E-state index contributed by atoms with van der Waals surface area (Å²) in [6.07, 6.45) is 0. The number of nitrogens with one attached hydrogen (secondary N) is 1. The quantitative estimate of drug-likeness (QED) is 0.301. The molecule has 0 spiro atoms. The molecular formula is C24H22Cl2N4O3S2. The Labute approximate surface area is 217 Å². The molecule has 0 unspecified atom stereocenters. The monoisotopic (exact) mass is 548 g/mol. The Hall–Kier alpha value is -2.56. The molecule has 0 bridgehead atoms. The molecule has 0 saturated carbocycles. The molecule has 1 aromatic heterocycles. The van der Waals surface area contributed by atoms with Gasteiger partial charge in [-0.15, -0.1) is 0 Å². The first kappa shape index (κ1) is 25.5. The zero-order valence-electron chi connectivity index (χ0n) is 18.9. The lowest BCUT2D eigenvalue weighted by Gasteiger charge is -2.12. The molecule has 0 saturated heterocycles. The number of hydrogen-bond acceptors (Lipinski definition) is 5. The number of sulfonamides is 1. The van der Waals surface area contributed by atoms with E-state index in [-0.39, 0.29) is 21.6 Å². The number of hydrogen-bond donors (Lipinski definition) is 2. The van der Waals surface area contributed by atoms with Gasteiger partial charge in [-0.05, 0) is 55.8 Å². The van der Waals surface area contributed by atoms with Gasteiger partial charge in [0.1, 0.15) is 0 Å². The van der Waals surface area contributed by atoms with Gasteiger partial charge in [0.25, 0.3) is 0 Å². The summed E-state index contributed by atoms with van der Waals surface area (Å²) in [7, 11) is -3.89. The van der Waals surface area contributed by atoms with Crippen molar-refractivity contribution in [2.45, 2.75) is 30.4 Å². The Balaban J connectivity index is 1.56. The van der Waals surface area contributed by atoms with E-state index in [1.807, 2.05) is 16.7 Å². The lowest BCUT2D eigenvalue weighted by Crippen LogP contribution is -2.16. The molecule has 1 heterocycles. The van der Waals surface area contributed by atoms with E-state index in [0.29, 0.717) is 22.4 Å². The Morgan fingerprint density at radius 1 is 1.06 bits per heavy atom. The van der Waals surface area contributed by atoms with Crippen LogP contribution in [0, 0.1) is 13.8 Å². The summed E-state index contributed by atoms with van der Waals surface area (Å²) in [5, 5.41) is 9.17. The van der Waals surface area contributed by atoms with Gasteiger partial charge in [-0.3, -0.25) is 4.79 Å². The van der Waals surface area contributed by atoms with Crippen LogP contribution in [0.3, 0.4) is 0 Å². The molecule has 1 amide bonds. The summed E-state index contributed by atoms with van der Waals surface area (Å²) >= 11 is 13.7. The molecule has 35 heavy (non-hydrogen) atoms. The molecule has 182 valence electrons. The number of thioether (sulfide) groups is 1. The number of halogens is 2. The highest BCUT2D eigenvalue weighted by atomic mass is 35.5. The Morgan fingerprint density at radius 2 is 1.77 bits per heavy atom. The number of fused-ring (bicyclic) bond motifs is 1. The highest BCUT2D eigenvalue weighted by Crippen LogP contribution is 2.29. The fourth-order valence-corrected chi connectivity index (χ4v) is 5.58. The minimum atomic E-state index is -3.89. The lowest BCUT2D eigenvalue weighted by molar-refractivity contribution is -0.113. The number of nitrogens with zero attached hydrogens (tertiary/aromatic N) is 2. The molecule has 0 fully saturated rings. The molecule has 7 nitrogen and oxygen atoms in total. The van der Waals surface area contributed by atoms with Crippen LogP contribution in [0.15, 0.2) is 64.6 Å². The van der Waals surface area contributed by atoms with E-state index in [9.17, 15) is 13.2 Å². The summed E-state index contributed by atoms with van der Waals surface area (Å²) < 4.78 is 25.0. The van der Waals surface area contributed by atoms with Crippen LogP contribution < -0.4 is 10.5 Å². The van der Waals surface area contributed by atoms with Crippen molar-refractivity contribution in [1.29, 1.82) is 0 Å². The second kappa shape index (κ2) is 10.2. The van der Waals surface area contributed by atoms with Crippen LogP contribution in [0.4, 0.5) is 5.69 Å². The topological polar surface area (TPSA) is 107 Å². The Bertz CT molecular complexity index is 1530. The van der Waals surface area contributed by atoms with E-state index < -0.39 is 10.0 Å². The molecule has 0 aliphatic rings. The largest absolute Gasteiger partial charge is 0.324 e. The van der Waals surface area contributed by atoms with E-state index in [2.05, 4.69) is 37.4 Å². The number of aryl methyl sites for hydroxylation is 2. The van der Waals surface area contributed by atoms with Crippen LogP contribution in [0.5, 0.6) is 0 Å². The van der Waals surface area contributed by atoms with Gasteiger partial charge in [0.15, 0.2) is 5.16 Å². The van der Waals surface area contributed by atoms with Gasteiger partial charge in [0, 0.05) is 5.02 Å². The number of aromatic nitrogens is 2.